The van der Waals surface area contributed by atoms with E-state index in [1.165, 1.54) is 7.11 Å². The minimum absolute atomic E-state index is 0.386. The molecule has 0 saturated heterocycles. The highest BCUT2D eigenvalue weighted by molar-refractivity contribution is 5.72. The molecule has 3 nitrogen and oxygen atoms in total. The summed E-state index contributed by atoms with van der Waals surface area (Å²) in [6.45, 7) is 5.18. The number of carbonyl (C=O) groups is 1. The predicted molar refractivity (Wildman–Crippen MR) is 47.4 cm³/mol. The van der Waals surface area contributed by atoms with Crippen molar-refractivity contribution in [3.05, 3.63) is 0 Å². The third kappa shape index (κ3) is 4.22. The molecular weight excluding hydrogens is 175 g/mol. The summed E-state index contributed by atoms with van der Waals surface area (Å²) in [5.41, 5.74) is -0.473. The van der Waals surface area contributed by atoms with Crippen molar-refractivity contribution in [3.8, 4) is 0 Å². The van der Waals surface area contributed by atoms with Crippen LogP contribution in [0.25, 0.3) is 0 Å². The Kier molecular flexibility index (Phi) is 4.33. The van der Waals surface area contributed by atoms with Gasteiger partial charge in [0.15, 0.2) is 6.17 Å². The molecule has 0 aliphatic carbocycles. The number of alkyl halides is 1. The van der Waals surface area contributed by atoms with E-state index in [2.05, 4.69) is 0 Å². The summed E-state index contributed by atoms with van der Waals surface area (Å²) in [4.78, 5) is 10.3. The molecule has 2 unspecified atom stereocenters. The Bertz CT molecular complexity index is 180. The molecule has 0 spiro atoms. The van der Waals surface area contributed by atoms with E-state index >= 15 is 0 Å². The van der Waals surface area contributed by atoms with Gasteiger partial charge in [-0.2, -0.15) is 0 Å². The van der Waals surface area contributed by atoms with Crippen molar-refractivity contribution >= 4 is 5.97 Å². The van der Waals surface area contributed by atoms with E-state index in [9.17, 15) is 9.18 Å². The van der Waals surface area contributed by atoms with Crippen molar-refractivity contribution in [2.75, 3.05) is 7.11 Å². The van der Waals surface area contributed by atoms with E-state index in [1.54, 1.807) is 20.8 Å². The van der Waals surface area contributed by atoms with E-state index in [-0.39, 0.29) is 0 Å². The van der Waals surface area contributed by atoms with Gasteiger partial charge >= 0.3 is 5.97 Å². The Balaban J connectivity index is 4.14. The monoisotopic (exact) mass is 192 g/mol. The Morgan fingerprint density at radius 2 is 2.08 bits per heavy atom. The second kappa shape index (κ2) is 4.56. The molecule has 0 aliphatic heterocycles. The van der Waals surface area contributed by atoms with Crippen molar-refractivity contribution < 1.29 is 19.0 Å². The minimum atomic E-state index is -1.81. The first-order valence-electron chi connectivity index (χ1n) is 4.22. The molecule has 0 fully saturated rings. The number of carboxylic acids is 1. The van der Waals surface area contributed by atoms with Crippen LogP contribution in [0.3, 0.4) is 0 Å². The Morgan fingerprint density at radius 1 is 1.62 bits per heavy atom. The fourth-order valence-electron chi connectivity index (χ4n) is 1.21. The van der Waals surface area contributed by atoms with Crippen LogP contribution in [0.2, 0.25) is 0 Å². The molecule has 1 N–H and O–H groups in total. The zero-order valence-corrected chi connectivity index (χ0v) is 8.50. The highest BCUT2D eigenvalue weighted by Gasteiger charge is 2.29. The molecule has 0 heterocycles. The Hall–Kier alpha value is -0.640. The number of aliphatic carboxylic acids is 1. The third-order valence-electron chi connectivity index (χ3n) is 2.10. The maximum Gasteiger partial charge on any atom is 0.338 e. The van der Waals surface area contributed by atoms with Crippen LogP contribution in [-0.2, 0) is 9.53 Å². The first kappa shape index (κ1) is 12.4. The average Bonchev–Trinajstić information content (AvgIpc) is 2.02. The van der Waals surface area contributed by atoms with Crippen LogP contribution in [0.15, 0.2) is 0 Å². The predicted octanol–water partition coefficient (Wildman–Crippen LogP) is 1.86. The molecule has 0 aliphatic rings. The van der Waals surface area contributed by atoms with Gasteiger partial charge in [-0.25, -0.2) is 9.18 Å². The summed E-state index contributed by atoms with van der Waals surface area (Å²) < 4.78 is 18.0. The largest absolute Gasteiger partial charge is 0.479 e. The van der Waals surface area contributed by atoms with Gasteiger partial charge in [-0.15, -0.1) is 0 Å². The van der Waals surface area contributed by atoms with Gasteiger partial charge in [0.1, 0.15) is 0 Å². The maximum atomic E-state index is 12.9. The summed E-state index contributed by atoms with van der Waals surface area (Å²) in [5, 5.41) is 8.41. The molecule has 0 saturated carbocycles. The van der Waals surface area contributed by atoms with Crippen molar-refractivity contribution in [3.63, 3.8) is 0 Å². The van der Waals surface area contributed by atoms with Crippen molar-refractivity contribution in [1.82, 2.24) is 0 Å². The van der Waals surface area contributed by atoms with Gasteiger partial charge in [0.05, 0.1) is 5.60 Å². The summed E-state index contributed by atoms with van der Waals surface area (Å²) in [5.74, 6) is -1.94. The second-order valence-electron chi connectivity index (χ2n) is 3.89. The highest BCUT2D eigenvalue weighted by Crippen LogP contribution is 2.23. The van der Waals surface area contributed by atoms with Gasteiger partial charge in [0, 0.05) is 13.0 Å². The molecule has 0 amide bonds. The number of halogens is 1. The van der Waals surface area contributed by atoms with Crippen molar-refractivity contribution in [1.29, 1.82) is 0 Å². The van der Waals surface area contributed by atoms with Crippen molar-refractivity contribution in [2.45, 2.75) is 39.0 Å². The van der Waals surface area contributed by atoms with Gasteiger partial charge < -0.3 is 9.84 Å². The summed E-state index contributed by atoms with van der Waals surface area (Å²) in [7, 11) is 1.53. The third-order valence-corrected chi connectivity index (χ3v) is 2.10. The van der Waals surface area contributed by atoms with Crippen LogP contribution in [-0.4, -0.2) is 30.0 Å². The zero-order chi connectivity index (χ0) is 10.6. The molecule has 0 bridgehead atoms. The first-order chi connectivity index (χ1) is 5.80. The number of ether oxygens (including phenoxy) is 1. The summed E-state index contributed by atoms with van der Waals surface area (Å²) in [6, 6.07) is 0. The average molecular weight is 192 g/mol. The normalized spacial score (nSPS) is 16.7. The fraction of sp³-hybridized carbons (Fsp3) is 0.889. The summed E-state index contributed by atoms with van der Waals surface area (Å²) in [6.07, 6.45) is -1.42. The molecule has 0 aromatic heterocycles. The molecule has 4 heteroatoms. The number of hydrogen-bond donors (Lipinski definition) is 1. The first-order valence-corrected chi connectivity index (χ1v) is 4.22. The molecule has 0 rings (SSSR count). The van der Waals surface area contributed by atoms with Gasteiger partial charge in [-0.1, -0.05) is 6.92 Å². The van der Waals surface area contributed by atoms with Crippen LogP contribution in [0.4, 0.5) is 4.39 Å². The van der Waals surface area contributed by atoms with E-state index < -0.39 is 23.7 Å². The molecule has 0 radical (unpaired) electrons. The number of rotatable bonds is 5. The Morgan fingerprint density at radius 3 is 2.38 bits per heavy atom. The summed E-state index contributed by atoms with van der Waals surface area (Å²) >= 11 is 0. The zero-order valence-electron chi connectivity index (χ0n) is 8.50. The lowest BCUT2D eigenvalue weighted by Crippen LogP contribution is -2.32. The van der Waals surface area contributed by atoms with Gasteiger partial charge in [0.25, 0.3) is 0 Å². The van der Waals surface area contributed by atoms with Crippen LogP contribution < -0.4 is 0 Å². The fourth-order valence-corrected chi connectivity index (χ4v) is 1.21. The standard InChI is InChI=1S/C9H17FO3/c1-6(7(10)8(11)12)5-9(2,3)13-4/h6-7H,5H2,1-4H3,(H,11,12). The molecular formula is C9H17FO3. The van der Waals surface area contributed by atoms with E-state index in [0.717, 1.165) is 0 Å². The molecule has 13 heavy (non-hydrogen) atoms. The van der Waals surface area contributed by atoms with E-state index in [1.807, 2.05) is 0 Å². The quantitative estimate of drug-likeness (QED) is 0.723. The lowest BCUT2D eigenvalue weighted by molar-refractivity contribution is -0.145. The Labute approximate surface area is 77.9 Å². The van der Waals surface area contributed by atoms with Crippen molar-refractivity contribution in [2.24, 2.45) is 5.92 Å². The van der Waals surface area contributed by atoms with Gasteiger partial charge in [-0.05, 0) is 20.3 Å². The maximum absolute atomic E-state index is 12.9. The van der Waals surface area contributed by atoms with E-state index in [0.29, 0.717) is 6.42 Å². The highest BCUT2D eigenvalue weighted by atomic mass is 19.1. The van der Waals surface area contributed by atoms with Gasteiger partial charge in [0.2, 0.25) is 0 Å². The molecule has 2 atom stereocenters. The number of methoxy groups -OCH3 is 1. The second-order valence-corrected chi connectivity index (χ2v) is 3.89. The minimum Gasteiger partial charge on any atom is -0.479 e. The molecule has 0 aromatic rings. The number of carboxylic acid groups (broad SMARTS) is 1. The molecule has 78 valence electrons. The molecule has 0 aromatic carbocycles. The number of hydrogen-bond acceptors (Lipinski definition) is 2. The SMILES string of the molecule is COC(C)(C)CC(C)C(F)C(=O)O. The lowest BCUT2D eigenvalue weighted by atomic mass is 9.91. The van der Waals surface area contributed by atoms with Crippen LogP contribution in [0.5, 0.6) is 0 Å². The van der Waals surface area contributed by atoms with Crippen LogP contribution in [0, 0.1) is 5.92 Å². The van der Waals surface area contributed by atoms with Crippen LogP contribution in [0.1, 0.15) is 27.2 Å². The smallest absolute Gasteiger partial charge is 0.338 e. The van der Waals surface area contributed by atoms with E-state index in [4.69, 9.17) is 9.84 Å². The van der Waals surface area contributed by atoms with Gasteiger partial charge in [-0.3, -0.25) is 0 Å². The van der Waals surface area contributed by atoms with Crippen LogP contribution >= 0.6 is 0 Å². The lowest BCUT2D eigenvalue weighted by Gasteiger charge is -2.26. The topological polar surface area (TPSA) is 46.5 Å².